The van der Waals surface area contributed by atoms with Gasteiger partial charge in [0.1, 0.15) is 11.3 Å². The zero-order valence-corrected chi connectivity index (χ0v) is 13.6. The summed E-state index contributed by atoms with van der Waals surface area (Å²) in [5.74, 6) is -2.04. The zero-order valence-electron chi connectivity index (χ0n) is 12.8. The van der Waals surface area contributed by atoms with Gasteiger partial charge < -0.3 is 23.2 Å². The molecule has 26 heavy (non-hydrogen) atoms. The number of hydrogen-bond acceptors (Lipinski definition) is 9. The average Bonchev–Trinajstić information content (AvgIpc) is 2.53. The third kappa shape index (κ3) is 2.11. The van der Waals surface area contributed by atoms with Gasteiger partial charge in [0, 0.05) is 22.4 Å². The first-order valence-corrected chi connectivity index (χ1v) is 8.33. The van der Waals surface area contributed by atoms with Crippen LogP contribution in [0.5, 0.6) is 17.2 Å². The minimum Gasteiger partial charge on any atom is -0.508 e. The van der Waals surface area contributed by atoms with Crippen molar-refractivity contribution < 1.29 is 36.2 Å². The van der Waals surface area contributed by atoms with Crippen LogP contribution >= 0.6 is 0 Å². The lowest BCUT2D eigenvalue weighted by molar-refractivity contribution is 0.370. The van der Waals surface area contributed by atoms with Crippen molar-refractivity contribution in [1.82, 2.24) is 0 Å². The summed E-state index contributed by atoms with van der Waals surface area (Å²) < 4.78 is 45.0. The summed E-state index contributed by atoms with van der Waals surface area (Å²) in [5, 5.41) is 19.9. The van der Waals surface area contributed by atoms with Gasteiger partial charge in [-0.25, -0.2) is 9.59 Å². The van der Waals surface area contributed by atoms with Crippen molar-refractivity contribution in [3.05, 3.63) is 38.5 Å². The minimum absolute atomic E-state index is 0.0193. The van der Waals surface area contributed by atoms with Crippen molar-refractivity contribution in [2.75, 3.05) is 0 Å². The maximum absolute atomic E-state index is 12.3. The highest BCUT2D eigenvalue weighted by molar-refractivity contribution is 7.81. The van der Waals surface area contributed by atoms with Crippen molar-refractivity contribution in [1.29, 1.82) is 0 Å². The van der Waals surface area contributed by atoms with E-state index in [1.807, 2.05) is 0 Å². The van der Waals surface area contributed by atoms with Gasteiger partial charge in [-0.1, -0.05) is 0 Å². The zero-order chi connectivity index (χ0) is 19.0. The first-order chi connectivity index (χ1) is 12.1. The van der Waals surface area contributed by atoms with Crippen LogP contribution in [0.1, 0.15) is 5.56 Å². The quantitative estimate of drug-likeness (QED) is 0.263. The van der Waals surface area contributed by atoms with Gasteiger partial charge >= 0.3 is 21.7 Å². The molecular formula is C15H8O10S. The van der Waals surface area contributed by atoms with Crippen LogP contribution in [-0.4, -0.2) is 23.2 Å². The highest BCUT2D eigenvalue weighted by Gasteiger charge is 2.26. The van der Waals surface area contributed by atoms with Gasteiger partial charge in [0.25, 0.3) is 0 Å². The molecule has 0 bridgehead atoms. The number of phenolic OH excluding ortho intramolecular Hbond substituents is 2. The third-order valence-corrected chi connectivity index (χ3v) is 4.39. The van der Waals surface area contributed by atoms with Gasteiger partial charge in [-0.2, -0.15) is 8.42 Å². The molecule has 2 heterocycles. The Kier molecular flexibility index (Phi) is 3.03. The monoisotopic (exact) mass is 380 g/mol. The minimum atomic E-state index is -5.03. The summed E-state index contributed by atoms with van der Waals surface area (Å²) in [7, 11) is -5.03. The molecule has 10 nitrogen and oxygen atoms in total. The molecule has 0 fully saturated rings. The molecule has 4 aromatic rings. The Morgan fingerprint density at radius 3 is 2.12 bits per heavy atom. The Balaban J connectivity index is 2.35. The van der Waals surface area contributed by atoms with Gasteiger partial charge in [-0.15, -0.1) is 0 Å². The van der Waals surface area contributed by atoms with E-state index in [1.54, 1.807) is 0 Å². The van der Waals surface area contributed by atoms with Crippen molar-refractivity contribution in [2.45, 2.75) is 6.92 Å². The smallest absolute Gasteiger partial charge is 0.446 e. The fraction of sp³-hybridized carbons (Fsp3) is 0.0667. The SMILES string of the molecule is Cc1c(O)cc2c(=O)oc3c(O)c(OS(=O)(=O)O)cc4c(=O)oc1c2c34. The summed E-state index contributed by atoms with van der Waals surface area (Å²) in [5.41, 5.74) is -2.38. The summed E-state index contributed by atoms with van der Waals surface area (Å²) in [6.45, 7) is 1.46. The molecule has 0 aliphatic heterocycles. The predicted molar refractivity (Wildman–Crippen MR) is 87.5 cm³/mol. The Morgan fingerprint density at radius 1 is 0.962 bits per heavy atom. The van der Waals surface area contributed by atoms with E-state index in [2.05, 4.69) is 4.18 Å². The number of aromatic hydroxyl groups is 2. The molecule has 11 heteroatoms. The molecular weight excluding hydrogens is 372 g/mol. The number of benzene rings is 2. The van der Waals surface area contributed by atoms with Gasteiger partial charge in [-0.3, -0.25) is 4.55 Å². The second-order valence-electron chi connectivity index (χ2n) is 5.54. The Hall–Kier alpha value is -3.31. The van der Waals surface area contributed by atoms with Crippen LogP contribution in [0, 0.1) is 6.92 Å². The lowest BCUT2D eigenvalue weighted by atomic mass is 10.00. The molecule has 3 N–H and O–H groups in total. The van der Waals surface area contributed by atoms with Crippen molar-refractivity contribution >= 4 is 43.1 Å². The number of aryl methyl sites for hydroxylation is 1. The summed E-state index contributed by atoms with van der Waals surface area (Å²) in [6, 6.07) is 1.96. The molecule has 0 radical (unpaired) electrons. The number of phenols is 2. The predicted octanol–water partition coefficient (Wildman–Crippen LogP) is 1.39. The second-order valence-corrected chi connectivity index (χ2v) is 6.56. The first kappa shape index (κ1) is 16.2. The van der Waals surface area contributed by atoms with E-state index in [0.717, 1.165) is 12.1 Å². The van der Waals surface area contributed by atoms with E-state index in [-0.39, 0.29) is 38.4 Å². The fourth-order valence-electron chi connectivity index (χ4n) is 2.89. The molecule has 0 saturated carbocycles. The maximum Gasteiger partial charge on any atom is 0.446 e. The van der Waals surface area contributed by atoms with Gasteiger partial charge in [0.15, 0.2) is 11.3 Å². The maximum atomic E-state index is 12.3. The molecule has 134 valence electrons. The molecule has 0 spiro atoms. The van der Waals surface area contributed by atoms with Crippen LogP contribution in [0.3, 0.4) is 0 Å². The van der Waals surface area contributed by atoms with Crippen LogP contribution in [0.4, 0.5) is 0 Å². The average molecular weight is 380 g/mol. The van der Waals surface area contributed by atoms with E-state index >= 15 is 0 Å². The molecule has 0 amide bonds. The van der Waals surface area contributed by atoms with Crippen molar-refractivity contribution in [3.8, 4) is 17.2 Å². The van der Waals surface area contributed by atoms with E-state index in [0.29, 0.717) is 0 Å². The largest absolute Gasteiger partial charge is 0.508 e. The van der Waals surface area contributed by atoms with Crippen LogP contribution in [0.2, 0.25) is 0 Å². The van der Waals surface area contributed by atoms with Crippen LogP contribution in [0.25, 0.3) is 32.7 Å². The highest BCUT2D eigenvalue weighted by Crippen LogP contribution is 2.43. The molecule has 2 aromatic carbocycles. The van der Waals surface area contributed by atoms with Gasteiger partial charge in [-0.05, 0) is 13.0 Å². The molecule has 0 unspecified atom stereocenters. The standard InChI is InChI=1S/C15H8O10S/c1-4-7(16)2-5-9-10-6(15(19)23-12(4)9)3-8(25-26(20,21)22)11(17)13(10)24-14(5)18/h2-3,16-17H,1H3,(H,20,21,22). The Morgan fingerprint density at radius 2 is 1.50 bits per heavy atom. The molecule has 2 aromatic heterocycles. The summed E-state index contributed by atoms with van der Waals surface area (Å²) in [4.78, 5) is 24.6. The number of rotatable bonds is 2. The Labute approximate surface area is 142 Å². The van der Waals surface area contributed by atoms with Gasteiger partial charge in [0.05, 0.1) is 10.8 Å². The first-order valence-electron chi connectivity index (χ1n) is 6.96. The molecule has 0 saturated heterocycles. The lowest BCUT2D eigenvalue weighted by Crippen LogP contribution is -2.10. The van der Waals surface area contributed by atoms with Crippen LogP contribution in [0.15, 0.2) is 30.6 Å². The number of hydrogen-bond donors (Lipinski definition) is 3. The molecule has 0 atom stereocenters. The highest BCUT2D eigenvalue weighted by atomic mass is 32.3. The second kappa shape index (κ2) is 4.86. The third-order valence-electron chi connectivity index (χ3n) is 4.00. The molecule has 0 aliphatic rings. The van der Waals surface area contributed by atoms with E-state index in [1.165, 1.54) is 6.92 Å². The van der Waals surface area contributed by atoms with Crippen LogP contribution in [-0.2, 0) is 10.4 Å². The van der Waals surface area contributed by atoms with E-state index < -0.39 is 38.7 Å². The van der Waals surface area contributed by atoms with E-state index in [9.17, 15) is 28.2 Å². The molecule has 0 aliphatic carbocycles. The van der Waals surface area contributed by atoms with Crippen molar-refractivity contribution in [2.24, 2.45) is 0 Å². The van der Waals surface area contributed by atoms with Gasteiger partial charge in [0.2, 0.25) is 5.75 Å². The summed E-state index contributed by atoms with van der Waals surface area (Å²) >= 11 is 0. The topological polar surface area (TPSA) is 164 Å². The normalized spacial score (nSPS) is 12.4. The van der Waals surface area contributed by atoms with Crippen molar-refractivity contribution in [3.63, 3.8) is 0 Å². The fourth-order valence-corrected chi connectivity index (χ4v) is 3.24. The Bertz CT molecular complexity index is 1440. The van der Waals surface area contributed by atoms with Crippen LogP contribution < -0.4 is 15.4 Å². The lowest BCUT2D eigenvalue weighted by Gasteiger charge is -2.12. The summed E-state index contributed by atoms with van der Waals surface area (Å²) in [6.07, 6.45) is 0. The van der Waals surface area contributed by atoms with E-state index in [4.69, 9.17) is 13.4 Å². The molecule has 4 rings (SSSR count).